The molecule has 28 heteroatoms. The number of halogens is 4. The molecule has 10 aromatic carbocycles. The number of thiophene rings is 8. The molecule has 12 N–H and O–H groups in total. The molecule has 18 aromatic rings. The third-order valence-electron chi connectivity index (χ3n) is 28.4. The number of nitrogens with one attached hydrogen (secondary N) is 4. The molecule has 0 saturated carbocycles. The Morgan fingerprint density at radius 1 is 0.247 bits per heavy atom. The minimum absolute atomic E-state index is 0.00630. The normalized spacial score (nSPS) is 19.0. The average Bonchev–Trinajstić information content (AvgIpc) is 1.61. The Morgan fingerprint density at radius 2 is 0.514 bits per heavy atom. The Bertz CT molecular complexity index is 7660. The Balaban J connectivity index is 0.000000105. The molecule has 146 heavy (non-hydrogen) atoms. The van der Waals surface area contributed by atoms with Gasteiger partial charge in [-0.1, -0.05) is 168 Å². The van der Waals surface area contributed by atoms with Crippen molar-refractivity contribution in [3.05, 3.63) is 319 Å². The second-order valence-electron chi connectivity index (χ2n) is 38.0. The molecule has 764 valence electrons. The van der Waals surface area contributed by atoms with Crippen LogP contribution in [0.25, 0.3) is 103 Å². The van der Waals surface area contributed by atoms with Gasteiger partial charge in [-0.2, -0.15) is 0 Å². The molecule has 8 atom stereocenters. The summed E-state index contributed by atoms with van der Waals surface area (Å²) in [5.74, 6) is 0. The van der Waals surface area contributed by atoms with E-state index < -0.39 is 0 Å². The van der Waals surface area contributed by atoms with Gasteiger partial charge in [0.2, 0.25) is 0 Å². The van der Waals surface area contributed by atoms with Crippen molar-refractivity contribution in [1.29, 1.82) is 0 Å². The van der Waals surface area contributed by atoms with Crippen LogP contribution in [0.3, 0.4) is 0 Å². The first-order valence-corrected chi connectivity index (χ1v) is 58.6. The Hall–Kier alpha value is -7.60. The first-order valence-electron chi connectivity index (χ1n) is 50.6. The van der Waals surface area contributed by atoms with Gasteiger partial charge in [0.25, 0.3) is 0 Å². The predicted octanol–water partition coefficient (Wildman–Crippen LogP) is 28.6. The molecular formula is C118H128Cl4N8O8S8. The summed E-state index contributed by atoms with van der Waals surface area (Å²) in [6.45, 7) is 24.6. The highest BCUT2D eigenvalue weighted by molar-refractivity contribution is 7.22. The van der Waals surface area contributed by atoms with E-state index in [9.17, 15) is 0 Å². The van der Waals surface area contributed by atoms with Crippen molar-refractivity contribution in [1.82, 2.24) is 21.3 Å². The van der Waals surface area contributed by atoms with Crippen molar-refractivity contribution < 1.29 is 37.9 Å². The van der Waals surface area contributed by atoms with E-state index in [1.54, 1.807) is 0 Å². The number of fused-ring (bicyclic) bond motifs is 24. The van der Waals surface area contributed by atoms with Crippen molar-refractivity contribution in [2.24, 2.45) is 22.9 Å². The molecule has 0 amide bonds. The summed E-state index contributed by atoms with van der Waals surface area (Å²) in [7, 11) is 7.89. The number of aryl methyl sites for hydroxylation is 6. The maximum absolute atomic E-state index is 6.50. The fourth-order valence-corrected chi connectivity index (χ4v) is 32.4. The monoisotopic (exact) mass is 2180 g/mol. The van der Waals surface area contributed by atoms with E-state index >= 15 is 0 Å². The van der Waals surface area contributed by atoms with Crippen molar-refractivity contribution in [3.8, 4) is 22.3 Å². The third-order valence-corrected chi connectivity index (χ3v) is 40.5. The highest BCUT2D eigenvalue weighted by Crippen LogP contribution is 2.51. The highest BCUT2D eigenvalue weighted by atomic mass is 35.5. The lowest BCUT2D eigenvalue weighted by Crippen LogP contribution is -2.24. The summed E-state index contributed by atoms with van der Waals surface area (Å²) >= 11 is 40.5. The molecule has 8 aromatic heterocycles. The van der Waals surface area contributed by atoms with Gasteiger partial charge in [-0.05, 0) is 208 Å². The van der Waals surface area contributed by atoms with Gasteiger partial charge in [0.15, 0.2) is 0 Å². The van der Waals surface area contributed by atoms with E-state index in [4.69, 9.17) is 107 Å². The van der Waals surface area contributed by atoms with Gasteiger partial charge >= 0.3 is 0 Å². The van der Waals surface area contributed by atoms with Gasteiger partial charge in [-0.25, -0.2) is 0 Å². The Kier molecular flexibility index (Phi) is 35.9. The molecule has 0 spiro atoms. The minimum Gasteiger partial charge on any atom is -0.372 e. The maximum atomic E-state index is 6.50. The second kappa shape index (κ2) is 49.0. The molecule has 8 aliphatic heterocycles. The molecule has 16 heterocycles. The molecule has 8 aliphatic rings. The van der Waals surface area contributed by atoms with E-state index in [0.29, 0.717) is 26.2 Å². The fourth-order valence-electron chi connectivity index (χ4n) is 21.3. The van der Waals surface area contributed by atoms with Crippen LogP contribution in [0.1, 0.15) is 166 Å². The summed E-state index contributed by atoms with van der Waals surface area (Å²) in [4.78, 5) is 11.6. The van der Waals surface area contributed by atoms with Crippen LogP contribution in [0.15, 0.2) is 182 Å². The van der Waals surface area contributed by atoms with Crippen LogP contribution in [0.5, 0.6) is 0 Å². The quantitative estimate of drug-likeness (QED) is 0.0507. The molecule has 8 unspecified atom stereocenters. The number of benzene rings is 10. The largest absolute Gasteiger partial charge is 0.372 e. The van der Waals surface area contributed by atoms with Crippen LogP contribution in [0, 0.1) is 41.5 Å². The SMILES string of the molecule is CNCC1OCCc2sc3c(C)cccc3c21.CNCC1OCCc2sc3cc(C)c(Cl)cc3c21.CNCC1OCCc2sc3ccc(-c4ccccc4)cc3c21.CNCC1OCCc2sc3ccc(C)c(Cl)c3c21.Cc1cc2sc3c(c2cc1Cl)C(CN)OCC3.Cc1ccc2sc3c(c2c1Cl)C(CN)OCC3.Cc1cccc2c3c(sc12)CCOC3CN.NCC1OCCc2sc3ccc(-c4ccccc4)cc3c21. The Morgan fingerprint density at radius 3 is 0.856 bits per heavy atom. The van der Waals surface area contributed by atoms with Crippen molar-refractivity contribution in [3.63, 3.8) is 0 Å². The first-order chi connectivity index (χ1) is 71.2. The van der Waals surface area contributed by atoms with E-state index in [1.807, 2.05) is 139 Å². The fraction of sp³-hybridized carbons (Fsp3) is 0.356. The van der Waals surface area contributed by atoms with Gasteiger partial charge in [0.05, 0.1) is 112 Å². The zero-order valence-corrected chi connectivity index (χ0v) is 93.8. The molecule has 0 radical (unpaired) electrons. The number of rotatable bonds is 14. The minimum atomic E-state index is 0.00630. The van der Waals surface area contributed by atoms with Gasteiger partial charge < -0.3 is 82.1 Å². The topological polar surface area (TPSA) is 226 Å². The summed E-state index contributed by atoms with van der Waals surface area (Å²) in [5.41, 5.74) is 46.2. The molecule has 0 fully saturated rings. The molecule has 16 nitrogen and oxygen atoms in total. The van der Waals surface area contributed by atoms with Gasteiger partial charge in [-0.15, -0.1) is 90.7 Å². The van der Waals surface area contributed by atoms with E-state index in [-0.39, 0.29) is 48.8 Å². The van der Waals surface area contributed by atoms with Gasteiger partial charge in [0.1, 0.15) is 0 Å². The van der Waals surface area contributed by atoms with Crippen LogP contribution >= 0.6 is 137 Å². The predicted molar refractivity (Wildman–Crippen MR) is 625 cm³/mol. The zero-order chi connectivity index (χ0) is 102. The third kappa shape index (κ3) is 22.6. The Labute approximate surface area is 908 Å². The van der Waals surface area contributed by atoms with Crippen LogP contribution in [0.2, 0.25) is 20.1 Å². The van der Waals surface area contributed by atoms with Crippen LogP contribution in [-0.2, 0) is 89.3 Å². The number of hydrogen-bond acceptors (Lipinski definition) is 24. The lowest BCUT2D eigenvalue weighted by molar-refractivity contribution is 0.0460. The summed E-state index contributed by atoms with van der Waals surface area (Å²) in [6.07, 6.45) is 9.00. The van der Waals surface area contributed by atoms with Crippen molar-refractivity contribution in [2.45, 2.75) is 142 Å². The van der Waals surface area contributed by atoms with E-state index in [0.717, 1.165) is 178 Å². The zero-order valence-electron chi connectivity index (χ0n) is 84.3. The molecule has 0 aliphatic carbocycles. The van der Waals surface area contributed by atoms with Crippen LogP contribution in [-0.4, -0.2) is 133 Å². The smallest absolute Gasteiger partial charge is 0.0966 e. The van der Waals surface area contributed by atoms with Gasteiger partial charge in [-0.3, -0.25) is 0 Å². The second-order valence-corrected chi connectivity index (χ2v) is 48.6. The van der Waals surface area contributed by atoms with Crippen LogP contribution in [0.4, 0.5) is 0 Å². The highest BCUT2D eigenvalue weighted by Gasteiger charge is 2.35. The number of nitrogens with two attached hydrogens (primary N) is 4. The molecule has 0 bridgehead atoms. The lowest BCUT2D eigenvalue weighted by atomic mass is 9.98. The van der Waals surface area contributed by atoms with Crippen molar-refractivity contribution >= 4 is 218 Å². The molecular weight excluding hydrogens is 2060 g/mol. The standard InChI is InChI=1S/C19H19NOS.C18H17NOS.2C14H16ClNOS.C14H17NOS.2C13H14ClNOS.C13H15NOS/c1-20-12-16-19-15-11-14(13-5-3-2-4-6-13)7-8-17(15)22-18(19)9-10-21-16;19-11-15-18-14-10-13(12-4-2-1-3-5-12)6-7-16(14)21-17(18)8-9-20-15;1-8-5-13-9(6-10(8)15)14-11(7-16-2)17-4-3-12(14)18-13;1-8-3-4-10-13(14(8)15)12-9(7-16-2)17-6-5-11(12)18-10;1-9-4-3-5-10-13-11(8-15-2)16-7-6-12(13)17-14(9)10;1-7-4-12-8(5-9(7)14)13-10(6-15)16-3-2-11(13)17-12;1-7-2-3-9-12(13(7)14)11-8(6-15)16-5-4-10(11)17-9;1-8-3-2-4-9-12-10(7-14)15-6-5-11(12)16-13(8)9/h2-8,11,16,20H,9-10,12H2,1H3;1-7,10,15H,8-9,11,19H2;5-6,11,16H,3-4,7H2,1-2H3;3-4,9,16H,5-7H2,1-2H3;3-5,11,15H,6-8H2,1-2H3;4-5,10H,2-3,6,15H2,1H3;2-3,8H,4-6,15H2,1H3;2-4,10H,5-7,14H2,1H3. The van der Waals surface area contributed by atoms with E-state index in [1.165, 1.54) is 192 Å². The summed E-state index contributed by atoms with van der Waals surface area (Å²) in [6, 6.07) is 64.7. The average molecular weight is 2180 g/mol. The van der Waals surface area contributed by atoms with Crippen LogP contribution < -0.4 is 44.2 Å². The number of likely N-dealkylation sites (N-methyl/N-ethyl adjacent to an activating group) is 4. The molecule has 26 rings (SSSR count). The maximum Gasteiger partial charge on any atom is 0.0966 e. The summed E-state index contributed by atoms with van der Waals surface area (Å²) in [5, 5.41) is 26.6. The number of ether oxygens (including phenoxy) is 8. The van der Waals surface area contributed by atoms with Crippen molar-refractivity contribution in [2.75, 3.05) is 133 Å². The van der Waals surface area contributed by atoms with Gasteiger partial charge in [0, 0.05) is 256 Å². The summed E-state index contributed by atoms with van der Waals surface area (Å²) < 4.78 is 57.4. The lowest BCUT2D eigenvalue weighted by Gasteiger charge is -2.24. The first kappa shape index (κ1) is 107. The molecule has 0 saturated heterocycles. The van der Waals surface area contributed by atoms with E-state index in [2.05, 4.69) is 225 Å². The number of hydrogen-bond donors (Lipinski definition) is 8.